The molecule has 0 saturated heterocycles. The maximum Gasteiger partial charge on any atom is 0.325 e. The van der Waals surface area contributed by atoms with E-state index in [4.69, 9.17) is 9.47 Å². The standard InChI is InChI=1S/C20H22N2O5/c1-14-6-5-8-15(10-14)20(25)22-12-19(24)27-13-18(23)21-11-16-7-3-4-9-17(16)26-2/h3-10H,11-13H2,1-2H3,(H,21,23)(H,22,25). The predicted octanol–water partition coefficient (Wildman–Crippen LogP) is 1.59. The zero-order valence-corrected chi connectivity index (χ0v) is 15.3. The Morgan fingerprint density at radius 2 is 1.78 bits per heavy atom. The van der Waals surface area contributed by atoms with Gasteiger partial charge in [0.1, 0.15) is 12.3 Å². The summed E-state index contributed by atoms with van der Waals surface area (Å²) in [6.07, 6.45) is 0. The molecule has 0 spiro atoms. The third-order valence-corrected chi connectivity index (χ3v) is 3.71. The van der Waals surface area contributed by atoms with Crippen LogP contribution in [0.15, 0.2) is 48.5 Å². The van der Waals surface area contributed by atoms with Gasteiger partial charge in [0.2, 0.25) is 0 Å². The van der Waals surface area contributed by atoms with E-state index < -0.39 is 18.5 Å². The van der Waals surface area contributed by atoms with E-state index in [1.54, 1.807) is 31.4 Å². The molecule has 2 amide bonds. The SMILES string of the molecule is COc1ccccc1CNC(=O)COC(=O)CNC(=O)c1cccc(C)c1. The van der Waals surface area contributed by atoms with Crippen molar-refractivity contribution in [2.24, 2.45) is 0 Å². The van der Waals surface area contributed by atoms with Crippen molar-refractivity contribution in [2.45, 2.75) is 13.5 Å². The van der Waals surface area contributed by atoms with E-state index in [2.05, 4.69) is 10.6 Å². The second-order valence-electron chi connectivity index (χ2n) is 5.80. The van der Waals surface area contributed by atoms with Gasteiger partial charge in [-0.1, -0.05) is 35.9 Å². The molecule has 0 saturated carbocycles. The number of rotatable bonds is 8. The summed E-state index contributed by atoms with van der Waals surface area (Å²) < 4.78 is 10.1. The fourth-order valence-electron chi connectivity index (χ4n) is 2.33. The number of aryl methyl sites for hydroxylation is 1. The van der Waals surface area contributed by atoms with E-state index in [-0.39, 0.29) is 19.0 Å². The van der Waals surface area contributed by atoms with Crippen molar-refractivity contribution in [3.8, 4) is 5.75 Å². The first-order valence-corrected chi connectivity index (χ1v) is 8.38. The fourth-order valence-corrected chi connectivity index (χ4v) is 2.33. The van der Waals surface area contributed by atoms with Crippen LogP contribution in [0.2, 0.25) is 0 Å². The summed E-state index contributed by atoms with van der Waals surface area (Å²) in [5.41, 5.74) is 2.21. The van der Waals surface area contributed by atoms with Crippen LogP contribution >= 0.6 is 0 Å². The highest BCUT2D eigenvalue weighted by Crippen LogP contribution is 2.16. The first-order valence-electron chi connectivity index (χ1n) is 8.38. The van der Waals surface area contributed by atoms with E-state index in [9.17, 15) is 14.4 Å². The number of esters is 1. The quantitative estimate of drug-likeness (QED) is 0.689. The van der Waals surface area contributed by atoms with Gasteiger partial charge in [-0.3, -0.25) is 14.4 Å². The zero-order valence-electron chi connectivity index (χ0n) is 15.3. The van der Waals surface area contributed by atoms with Crippen molar-refractivity contribution in [3.05, 3.63) is 65.2 Å². The lowest BCUT2D eigenvalue weighted by molar-refractivity contribution is -0.147. The highest BCUT2D eigenvalue weighted by Gasteiger charge is 2.11. The molecule has 0 bridgehead atoms. The monoisotopic (exact) mass is 370 g/mol. The van der Waals surface area contributed by atoms with Crippen LogP contribution in [0.25, 0.3) is 0 Å². The summed E-state index contributed by atoms with van der Waals surface area (Å²) in [5.74, 6) is -0.854. The van der Waals surface area contributed by atoms with Crippen LogP contribution in [0, 0.1) is 6.92 Å². The van der Waals surface area contributed by atoms with Gasteiger partial charge in [0, 0.05) is 17.7 Å². The van der Waals surface area contributed by atoms with Crippen LogP contribution in [0.5, 0.6) is 5.75 Å². The molecule has 0 aromatic heterocycles. The number of amides is 2. The number of nitrogens with one attached hydrogen (secondary N) is 2. The van der Waals surface area contributed by atoms with E-state index >= 15 is 0 Å². The predicted molar refractivity (Wildman–Crippen MR) is 99.3 cm³/mol. The summed E-state index contributed by atoms with van der Waals surface area (Å²) in [7, 11) is 1.55. The van der Waals surface area contributed by atoms with E-state index in [0.717, 1.165) is 11.1 Å². The molecule has 0 aliphatic rings. The minimum atomic E-state index is -0.691. The molecule has 0 atom stereocenters. The molecular weight excluding hydrogens is 348 g/mol. The Labute approximate surface area is 157 Å². The molecule has 0 unspecified atom stereocenters. The van der Waals surface area contributed by atoms with Crippen molar-refractivity contribution >= 4 is 17.8 Å². The maximum atomic E-state index is 11.9. The number of hydrogen-bond acceptors (Lipinski definition) is 5. The Morgan fingerprint density at radius 1 is 1.00 bits per heavy atom. The molecule has 0 aliphatic heterocycles. The molecule has 0 aliphatic carbocycles. The molecule has 0 fully saturated rings. The van der Waals surface area contributed by atoms with Gasteiger partial charge in [-0.2, -0.15) is 0 Å². The number of carbonyl (C=O) groups excluding carboxylic acids is 3. The number of benzene rings is 2. The molecular formula is C20H22N2O5. The van der Waals surface area contributed by atoms with Gasteiger partial charge >= 0.3 is 5.97 Å². The van der Waals surface area contributed by atoms with Gasteiger partial charge in [0.05, 0.1) is 7.11 Å². The first-order chi connectivity index (χ1) is 13.0. The van der Waals surface area contributed by atoms with Crippen molar-refractivity contribution in [1.29, 1.82) is 0 Å². The summed E-state index contributed by atoms with van der Waals surface area (Å²) in [4.78, 5) is 35.4. The molecule has 27 heavy (non-hydrogen) atoms. The molecule has 7 heteroatoms. The van der Waals surface area contributed by atoms with Gasteiger partial charge in [0.15, 0.2) is 6.61 Å². The minimum absolute atomic E-state index is 0.254. The van der Waals surface area contributed by atoms with E-state index in [1.165, 1.54) is 0 Å². The summed E-state index contributed by atoms with van der Waals surface area (Å²) >= 11 is 0. The van der Waals surface area contributed by atoms with Gasteiger partial charge in [0.25, 0.3) is 11.8 Å². The summed E-state index contributed by atoms with van der Waals surface area (Å²) in [6, 6.07) is 14.3. The second-order valence-corrected chi connectivity index (χ2v) is 5.80. The third-order valence-electron chi connectivity index (χ3n) is 3.71. The Balaban J connectivity index is 1.70. The van der Waals surface area contributed by atoms with Gasteiger partial charge in [-0.15, -0.1) is 0 Å². The smallest absolute Gasteiger partial charge is 0.325 e. The van der Waals surface area contributed by atoms with Crippen LogP contribution in [0.1, 0.15) is 21.5 Å². The van der Waals surface area contributed by atoms with Crippen molar-refractivity contribution in [2.75, 3.05) is 20.3 Å². The number of methoxy groups -OCH3 is 1. The largest absolute Gasteiger partial charge is 0.496 e. The molecule has 2 rings (SSSR count). The highest BCUT2D eigenvalue weighted by molar-refractivity contribution is 5.96. The summed E-state index contributed by atoms with van der Waals surface area (Å²) in [5, 5.41) is 5.10. The molecule has 0 heterocycles. The second kappa shape index (κ2) is 9.96. The average molecular weight is 370 g/mol. The van der Waals surface area contributed by atoms with E-state index in [0.29, 0.717) is 11.3 Å². The topological polar surface area (TPSA) is 93.7 Å². The summed E-state index contributed by atoms with van der Waals surface area (Å²) in [6.45, 7) is 1.39. The fraction of sp³-hybridized carbons (Fsp3) is 0.250. The molecule has 7 nitrogen and oxygen atoms in total. The number of hydrogen-bond donors (Lipinski definition) is 2. The average Bonchev–Trinajstić information content (AvgIpc) is 2.69. The molecule has 0 radical (unpaired) electrons. The lowest BCUT2D eigenvalue weighted by atomic mass is 10.1. The lowest BCUT2D eigenvalue weighted by Gasteiger charge is -2.10. The minimum Gasteiger partial charge on any atom is -0.496 e. The Kier molecular flexibility index (Phi) is 7.37. The van der Waals surface area contributed by atoms with Gasteiger partial charge in [-0.05, 0) is 25.1 Å². The molecule has 2 aromatic carbocycles. The van der Waals surface area contributed by atoms with Gasteiger partial charge < -0.3 is 20.1 Å². The van der Waals surface area contributed by atoms with Crippen LogP contribution in [-0.2, 0) is 20.9 Å². The Bertz CT molecular complexity index is 820. The van der Waals surface area contributed by atoms with Gasteiger partial charge in [-0.25, -0.2) is 0 Å². The maximum absolute atomic E-state index is 11.9. The lowest BCUT2D eigenvalue weighted by Crippen LogP contribution is -2.33. The van der Waals surface area contributed by atoms with E-state index in [1.807, 2.05) is 31.2 Å². The van der Waals surface area contributed by atoms with Crippen LogP contribution in [-0.4, -0.2) is 38.0 Å². The number of carbonyl (C=O) groups is 3. The van der Waals surface area contributed by atoms with Crippen molar-refractivity contribution in [1.82, 2.24) is 10.6 Å². The highest BCUT2D eigenvalue weighted by atomic mass is 16.5. The Hall–Kier alpha value is -3.35. The molecule has 2 N–H and O–H groups in total. The zero-order chi connectivity index (χ0) is 19.6. The number of para-hydroxylation sites is 1. The Morgan fingerprint density at radius 3 is 2.52 bits per heavy atom. The molecule has 142 valence electrons. The molecule has 2 aromatic rings. The van der Waals surface area contributed by atoms with Crippen molar-refractivity contribution in [3.63, 3.8) is 0 Å². The normalized spacial score (nSPS) is 10.0. The van der Waals surface area contributed by atoms with Crippen LogP contribution < -0.4 is 15.4 Å². The first kappa shape index (κ1) is 20.0. The van der Waals surface area contributed by atoms with Crippen LogP contribution in [0.3, 0.4) is 0 Å². The van der Waals surface area contributed by atoms with Crippen molar-refractivity contribution < 1.29 is 23.9 Å². The number of ether oxygens (including phenoxy) is 2. The third kappa shape index (κ3) is 6.47. The van der Waals surface area contributed by atoms with Crippen LogP contribution in [0.4, 0.5) is 0 Å².